The molecule has 154 valence electrons. The first-order valence-electron chi connectivity index (χ1n) is 10.8. The monoisotopic (exact) mass is 408 g/mol. The maximum Gasteiger partial charge on any atom is 0.178 e. The number of hydrogen-bond donors (Lipinski definition) is 0. The molecular formula is C28H24O3. The molecule has 0 amide bonds. The van der Waals surface area contributed by atoms with Gasteiger partial charge in [-0.2, -0.15) is 0 Å². The molecule has 2 atom stereocenters. The average Bonchev–Trinajstić information content (AvgIpc) is 2.99. The Morgan fingerprint density at radius 1 is 0.613 bits per heavy atom. The second kappa shape index (κ2) is 7.12. The average molecular weight is 408 g/mol. The highest BCUT2D eigenvalue weighted by atomic mass is 16.2. The van der Waals surface area contributed by atoms with Gasteiger partial charge in [0, 0.05) is 35.8 Å². The molecule has 1 saturated carbocycles. The first kappa shape index (κ1) is 19.6. The summed E-state index contributed by atoms with van der Waals surface area (Å²) in [6.07, 6.45) is 0.410. The van der Waals surface area contributed by atoms with Crippen LogP contribution in [0.5, 0.6) is 0 Å². The number of aryl methyl sites for hydroxylation is 2. The minimum Gasteiger partial charge on any atom is -0.300 e. The van der Waals surface area contributed by atoms with Crippen LogP contribution in [0, 0.1) is 19.3 Å². The molecule has 3 aromatic carbocycles. The van der Waals surface area contributed by atoms with E-state index in [4.69, 9.17) is 0 Å². The molecule has 0 saturated heterocycles. The fourth-order valence-corrected chi connectivity index (χ4v) is 5.52. The lowest BCUT2D eigenvalue weighted by Crippen LogP contribution is -2.49. The quantitative estimate of drug-likeness (QED) is 0.519. The third-order valence-corrected chi connectivity index (χ3v) is 7.09. The van der Waals surface area contributed by atoms with Gasteiger partial charge in [0.05, 0.1) is 0 Å². The first-order valence-corrected chi connectivity index (χ1v) is 10.8. The van der Waals surface area contributed by atoms with E-state index < -0.39 is 17.3 Å². The Labute approximate surface area is 182 Å². The van der Waals surface area contributed by atoms with Crippen molar-refractivity contribution < 1.29 is 14.4 Å². The molecule has 2 aliphatic carbocycles. The summed E-state index contributed by atoms with van der Waals surface area (Å²) in [5.41, 5.74) is 3.63. The van der Waals surface area contributed by atoms with Crippen molar-refractivity contribution in [2.45, 2.75) is 38.5 Å². The van der Waals surface area contributed by atoms with Gasteiger partial charge in [-0.05, 0) is 25.0 Å². The van der Waals surface area contributed by atoms with Crippen LogP contribution in [0.25, 0.3) is 0 Å². The molecule has 0 unspecified atom stereocenters. The maximum absolute atomic E-state index is 14.1. The minimum absolute atomic E-state index is 0.0957. The summed E-state index contributed by atoms with van der Waals surface area (Å²) in [7, 11) is 0. The second-order valence-electron chi connectivity index (χ2n) is 8.95. The largest absolute Gasteiger partial charge is 0.300 e. The summed E-state index contributed by atoms with van der Waals surface area (Å²) >= 11 is 0. The van der Waals surface area contributed by atoms with Gasteiger partial charge in [0.2, 0.25) is 0 Å². The predicted octanol–water partition coefficient (Wildman–Crippen LogP) is 5.60. The SMILES string of the molecule is Cc1ccc([C@H]2CC(=O)C[C@H](c3ccc(C)cc3)C23C(=O)c2ccccc2C3=O)cc1. The van der Waals surface area contributed by atoms with Gasteiger partial charge in [0.1, 0.15) is 11.2 Å². The summed E-state index contributed by atoms with van der Waals surface area (Å²) in [6.45, 7) is 4.00. The molecule has 3 nitrogen and oxygen atoms in total. The molecule has 0 aliphatic heterocycles. The number of carbonyl (C=O) groups excluding carboxylic acids is 3. The van der Waals surface area contributed by atoms with E-state index in [1.165, 1.54) is 0 Å². The van der Waals surface area contributed by atoms with Crippen LogP contribution >= 0.6 is 0 Å². The number of hydrogen-bond acceptors (Lipinski definition) is 3. The van der Waals surface area contributed by atoms with Crippen LogP contribution in [-0.4, -0.2) is 17.3 Å². The summed E-state index contributed by atoms with van der Waals surface area (Å²) in [5.74, 6) is -1.15. The Hall–Kier alpha value is -3.33. The van der Waals surface area contributed by atoms with Gasteiger partial charge >= 0.3 is 0 Å². The molecule has 0 heterocycles. The highest BCUT2D eigenvalue weighted by molar-refractivity contribution is 6.31. The lowest BCUT2D eigenvalue weighted by Gasteiger charge is -2.45. The molecule has 0 aromatic heterocycles. The Balaban J connectivity index is 1.78. The topological polar surface area (TPSA) is 51.2 Å². The number of rotatable bonds is 2. The van der Waals surface area contributed by atoms with E-state index in [1.54, 1.807) is 24.3 Å². The number of fused-ring (bicyclic) bond motifs is 1. The fraction of sp³-hybridized carbons (Fsp3) is 0.250. The van der Waals surface area contributed by atoms with Gasteiger partial charge in [0.15, 0.2) is 11.6 Å². The summed E-state index contributed by atoms with van der Waals surface area (Å²) in [5, 5.41) is 0. The zero-order valence-electron chi connectivity index (χ0n) is 17.7. The van der Waals surface area contributed by atoms with Crippen LogP contribution in [0.1, 0.15) is 67.6 Å². The van der Waals surface area contributed by atoms with Gasteiger partial charge in [-0.1, -0.05) is 83.9 Å². The molecule has 1 spiro atoms. The van der Waals surface area contributed by atoms with Crippen LogP contribution in [-0.2, 0) is 4.79 Å². The highest BCUT2D eigenvalue weighted by Gasteiger charge is 2.64. The van der Waals surface area contributed by atoms with Crippen molar-refractivity contribution >= 4 is 17.3 Å². The zero-order valence-corrected chi connectivity index (χ0v) is 17.7. The molecule has 1 fully saturated rings. The zero-order chi connectivity index (χ0) is 21.8. The molecule has 3 heteroatoms. The molecule has 0 radical (unpaired) electrons. The first-order chi connectivity index (χ1) is 14.9. The molecule has 3 aromatic rings. The van der Waals surface area contributed by atoms with Crippen molar-refractivity contribution in [1.82, 2.24) is 0 Å². The highest BCUT2D eigenvalue weighted by Crippen LogP contribution is 2.60. The van der Waals surface area contributed by atoms with E-state index in [2.05, 4.69) is 0 Å². The molecule has 31 heavy (non-hydrogen) atoms. The van der Waals surface area contributed by atoms with Crippen LogP contribution in [0.3, 0.4) is 0 Å². The smallest absolute Gasteiger partial charge is 0.178 e. The van der Waals surface area contributed by atoms with E-state index in [-0.39, 0.29) is 30.2 Å². The maximum atomic E-state index is 14.1. The van der Waals surface area contributed by atoms with E-state index in [1.807, 2.05) is 62.4 Å². The van der Waals surface area contributed by atoms with E-state index in [9.17, 15) is 14.4 Å². The third-order valence-electron chi connectivity index (χ3n) is 7.09. The van der Waals surface area contributed by atoms with Crippen molar-refractivity contribution in [2.24, 2.45) is 5.41 Å². The van der Waals surface area contributed by atoms with Gasteiger partial charge in [0.25, 0.3) is 0 Å². The molecule has 0 N–H and O–H groups in total. The van der Waals surface area contributed by atoms with E-state index >= 15 is 0 Å². The van der Waals surface area contributed by atoms with Crippen molar-refractivity contribution in [3.05, 3.63) is 106 Å². The van der Waals surface area contributed by atoms with Gasteiger partial charge in [-0.15, -0.1) is 0 Å². The van der Waals surface area contributed by atoms with Gasteiger partial charge in [-0.25, -0.2) is 0 Å². The minimum atomic E-state index is -1.29. The Morgan fingerprint density at radius 2 is 1.00 bits per heavy atom. The van der Waals surface area contributed by atoms with Gasteiger partial charge < -0.3 is 0 Å². The van der Waals surface area contributed by atoms with Crippen molar-refractivity contribution in [3.63, 3.8) is 0 Å². The summed E-state index contributed by atoms with van der Waals surface area (Å²) in [6, 6.07) is 22.9. The van der Waals surface area contributed by atoms with Crippen LogP contribution in [0.4, 0.5) is 0 Å². The summed E-state index contributed by atoms with van der Waals surface area (Å²) < 4.78 is 0. The second-order valence-corrected chi connectivity index (χ2v) is 8.95. The number of ketones is 3. The van der Waals surface area contributed by atoms with E-state index in [0.717, 1.165) is 22.3 Å². The number of benzene rings is 3. The third kappa shape index (κ3) is 2.83. The lowest BCUT2D eigenvalue weighted by molar-refractivity contribution is -0.122. The van der Waals surface area contributed by atoms with Crippen molar-refractivity contribution in [2.75, 3.05) is 0 Å². The van der Waals surface area contributed by atoms with Crippen LogP contribution < -0.4 is 0 Å². The van der Waals surface area contributed by atoms with Gasteiger partial charge in [-0.3, -0.25) is 14.4 Å². The molecule has 5 rings (SSSR count). The summed E-state index contributed by atoms with van der Waals surface area (Å²) in [4.78, 5) is 41.1. The Morgan fingerprint density at radius 3 is 1.39 bits per heavy atom. The molecular weight excluding hydrogens is 384 g/mol. The van der Waals surface area contributed by atoms with Crippen molar-refractivity contribution in [1.29, 1.82) is 0 Å². The van der Waals surface area contributed by atoms with E-state index in [0.29, 0.717) is 11.1 Å². The fourth-order valence-electron chi connectivity index (χ4n) is 5.52. The number of Topliss-reactive ketones (excluding diaryl/α,β-unsaturated/α-hetero) is 3. The Kier molecular flexibility index (Phi) is 4.51. The Bertz CT molecular complexity index is 1110. The van der Waals surface area contributed by atoms with Crippen LogP contribution in [0.2, 0.25) is 0 Å². The standard InChI is InChI=1S/C28H24O3/c1-17-7-11-19(12-8-17)24-15-21(29)16-25(20-13-9-18(2)10-14-20)28(24)26(30)22-5-3-4-6-23(22)27(28)31/h3-14,24-25H,15-16H2,1-2H3/t24-,25-/m1/s1. The predicted molar refractivity (Wildman–Crippen MR) is 120 cm³/mol. The molecule has 2 aliphatic rings. The lowest BCUT2D eigenvalue weighted by atomic mass is 9.54. The van der Waals surface area contributed by atoms with Crippen LogP contribution in [0.15, 0.2) is 72.8 Å². The normalized spacial score (nSPS) is 22.1. The molecule has 0 bridgehead atoms. The van der Waals surface area contributed by atoms with Crippen molar-refractivity contribution in [3.8, 4) is 0 Å². The number of carbonyl (C=O) groups is 3.